The first-order valence-corrected chi connectivity index (χ1v) is 12.1. The highest BCUT2D eigenvalue weighted by molar-refractivity contribution is 7.89. The zero-order valence-corrected chi connectivity index (χ0v) is 19.2. The summed E-state index contributed by atoms with van der Waals surface area (Å²) in [7, 11) is -3.95. The molecule has 0 radical (unpaired) electrons. The molecule has 170 valence electrons. The number of hydrogen-bond donors (Lipinski definition) is 1. The van der Waals surface area contributed by atoms with E-state index >= 15 is 0 Å². The third-order valence-electron chi connectivity index (χ3n) is 5.88. The lowest BCUT2D eigenvalue weighted by Crippen LogP contribution is -2.48. The Bertz CT molecular complexity index is 1180. The normalized spacial score (nSPS) is 18.6. The first-order valence-electron chi connectivity index (χ1n) is 10.7. The van der Waals surface area contributed by atoms with Crippen LogP contribution in [-0.2, 0) is 19.6 Å². The fourth-order valence-corrected chi connectivity index (χ4v) is 6.21. The molecule has 0 spiro atoms. The second-order valence-electron chi connectivity index (χ2n) is 8.15. The molecule has 1 saturated heterocycles. The molecule has 9 heteroatoms. The van der Waals surface area contributed by atoms with Gasteiger partial charge in [0.25, 0.3) is 5.91 Å². The molecule has 4 rings (SSSR count). The monoisotopic (exact) mass is 457 g/mol. The molecular weight excluding hydrogens is 430 g/mol. The standard InChI is InChI=1S/C23H27N3O5S/c1-4-25(17-8-5-7-15(2)11-17)23(28)19-9-6-10-26(19)32(29,30)21-13-20-18(12-16(21)3)24-22(27)14-31-20/h5,7-8,11-13,19H,4,6,9-10,14H2,1-3H3,(H,24,27). The minimum atomic E-state index is -3.95. The fraction of sp³-hybridized carbons (Fsp3) is 0.391. The number of anilines is 2. The largest absolute Gasteiger partial charge is 0.482 e. The van der Waals surface area contributed by atoms with Crippen LogP contribution in [0.1, 0.15) is 30.9 Å². The summed E-state index contributed by atoms with van der Waals surface area (Å²) in [6.07, 6.45) is 1.08. The molecule has 8 nitrogen and oxygen atoms in total. The van der Waals surface area contributed by atoms with Crippen LogP contribution in [0.4, 0.5) is 11.4 Å². The lowest BCUT2D eigenvalue weighted by molar-refractivity contribution is -0.121. The molecule has 2 aromatic rings. The topological polar surface area (TPSA) is 96.0 Å². The number of likely N-dealkylation sites (N-methyl/N-ethyl adjacent to an activating group) is 1. The van der Waals surface area contributed by atoms with Crippen molar-refractivity contribution in [1.82, 2.24) is 4.31 Å². The maximum atomic E-state index is 13.6. The summed E-state index contributed by atoms with van der Waals surface area (Å²) >= 11 is 0. The van der Waals surface area contributed by atoms with Gasteiger partial charge in [-0.3, -0.25) is 9.59 Å². The molecular formula is C23H27N3O5S. The number of amides is 2. The molecule has 0 bridgehead atoms. The van der Waals surface area contributed by atoms with E-state index in [1.54, 1.807) is 17.9 Å². The number of hydrogen-bond acceptors (Lipinski definition) is 5. The van der Waals surface area contributed by atoms with E-state index in [9.17, 15) is 18.0 Å². The van der Waals surface area contributed by atoms with Crippen molar-refractivity contribution in [2.75, 3.05) is 29.9 Å². The predicted molar refractivity (Wildman–Crippen MR) is 121 cm³/mol. The van der Waals surface area contributed by atoms with Crippen molar-refractivity contribution in [3.05, 3.63) is 47.5 Å². The van der Waals surface area contributed by atoms with Crippen molar-refractivity contribution in [2.45, 2.75) is 44.6 Å². The molecule has 2 aliphatic rings. The second kappa shape index (κ2) is 8.55. The lowest BCUT2D eigenvalue weighted by atomic mass is 10.1. The van der Waals surface area contributed by atoms with E-state index in [4.69, 9.17) is 4.74 Å². The number of nitrogens with zero attached hydrogens (tertiary/aromatic N) is 2. The van der Waals surface area contributed by atoms with Gasteiger partial charge in [-0.25, -0.2) is 8.42 Å². The van der Waals surface area contributed by atoms with Crippen LogP contribution < -0.4 is 15.0 Å². The Morgan fingerprint density at radius 3 is 2.75 bits per heavy atom. The molecule has 2 heterocycles. The molecule has 1 unspecified atom stereocenters. The number of carbonyl (C=O) groups is 2. The number of sulfonamides is 1. The molecule has 32 heavy (non-hydrogen) atoms. The first kappa shape index (κ1) is 22.3. The summed E-state index contributed by atoms with van der Waals surface area (Å²) in [6.45, 7) is 6.06. The third-order valence-corrected chi connectivity index (χ3v) is 7.93. The Morgan fingerprint density at radius 1 is 1.25 bits per heavy atom. The molecule has 0 aromatic heterocycles. The minimum absolute atomic E-state index is 0.0886. The molecule has 0 saturated carbocycles. The van der Waals surface area contributed by atoms with Crippen molar-refractivity contribution >= 4 is 33.2 Å². The van der Waals surface area contributed by atoms with Gasteiger partial charge in [-0.1, -0.05) is 12.1 Å². The van der Waals surface area contributed by atoms with Crippen LogP contribution in [-0.4, -0.2) is 50.3 Å². The van der Waals surface area contributed by atoms with Gasteiger partial charge in [0.1, 0.15) is 11.8 Å². The SMILES string of the molecule is CCN(C(=O)C1CCCN1S(=O)(=O)c1cc2c(cc1C)NC(=O)CO2)c1cccc(C)c1. The van der Waals surface area contributed by atoms with Gasteiger partial charge in [-0.15, -0.1) is 0 Å². The number of carbonyl (C=O) groups excluding carboxylic acids is 2. The van der Waals surface area contributed by atoms with Crippen LogP contribution >= 0.6 is 0 Å². The van der Waals surface area contributed by atoms with Crippen molar-refractivity contribution in [1.29, 1.82) is 0 Å². The number of benzene rings is 2. The van der Waals surface area contributed by atoms with E-state index in [1.807, 2.05) is 38.1 Å². The summed E-state index contributed by atoms with van der Waals surface area (Å²) in [5, 5.41) is 2.69. The summed E-state index contributed by atoms with van der Waals surface area (Å²) in [4.78, 5) is 26.8. The predicted octanol–water partition coefficient (Wildman–Crippen LogP) is 2.84. The van der Waals surface area contributed by atoms with Crippen molar-refractivity contribution in [2.24, 2.45) is 0 Å². The molecule has 1 fully saturated rings. The summed E-state index contributed by atoms with van der Waals surface area (Å²) < 4.78 is 34.0. The average Bonchev–Trinajstić information content (AvgIpc) is 3.24. The highest BCUT2D eigenvalue weighted by Gasteiger charge is 2.42. The van der Waals surface area contributed by atoms with Gasteiger partial charge < -0.3 is 15.0 Å². The zero-order chi connectivity index (χ0) is 23.0. The molecule has 0 aliphatic carbocycles. The Kier molecular flexibility index (Phi) is 5.96. The van der Waals surface area contributed by atoms with Crippen LogP contribution in [0, 0.1) is 13.8 Å². The van der Waals surface area contributed by atoms with Crippen LogP contribution in [0.5, 0.6) is 5.75 Å². The Hall–Kier alpha value is -2.91. The molecule has 1 N–H and O–H groups in total. The number of ether oxygens (including phenoxy) is 1. The minimum Gasteiger partial charge on any atom is -0.482 e. The molecule has 2 aromatic carbocycles. The molecule has 2 amide bonds. The van der Waals surface area contributed by atoms with Gasteiger partial charge in [0.05, 0.1) is 10.6 Å². The molecule has 2 aliphatic heterocycles. The van der Waals surface area contributed by atoms with Crippen LogP contribution in [0.2, 0.25) is 0 Å². The van der Waals surface area contributed by atoms with Gasteiger partial charge in [-0.2, -0.15) is 4.31 Å². The van der Waals surface area contributed by atoms with Gasteiger partial charge in [0.15, 0.2) is 6.61 Å². The van der Waals surface area contributed by atoms with E-state index < -0.39 is 16.1 Å². The van der Waals surface area contributed by atoms with Crippen LogP contribution in [0.25, 0.3) is 0 Å². The quantitative estimate of drug-likeness (QED) is 0.745. The highest BCUT2D eigenvalue weighted by atomic mass is 32.2. The fourth-order valence-electron chi connectivity index (χ4n) is 4.34. The van der Waals surface area contributed by atoms with Crippen molar-refractivity contribution in [3.63, 3.8) is 0 Å². The van der Waals surface area contributed by atoms with Gasteiger partial charge in [0.2, 0.25) is 15.9 Å². The number of aryl methyl sites for hydroxylation is 2. The van der Waals surface area contributed by atoms with Gasteiger partial charge >= 0.3 is 0 Å². The van der Waals surface area contributed by atoms with E-state index in [2.05, 4.69) is 5.32 Å². The zero-order valence-electron chi connectivity index (χ0n) is 18.4. The average molecular weight is 458 g/mol. The maximum Gasteiger partial charge on any atom is 0.262 e. The Labute approximate surface area is 188 Å². The Balaban J connectivity index is 1.67. The Morgan fingerprint density at radius 2 is 2.03 bits per heavy atom. The van der Waals surface area contributed by atoms with Gasteiger partial charge in [0, 0.05) is 24.8 Å². The number of fused-ring (bicyclic) bond motifs is 1. The number of rotatable bonds is 5. The van der Waals surface area contributed by atoms with Gasteiger partial charge in [-0.05, 0) is 62.9 Å². The highest BCUT2D eigenvalue weighted by Crippen LogP contribution is 2.36. The maximum absolute atomic E-state index is 13.6. The van der Waals surface area contributed by atoms with E-state index in [0.717, 1.165) is 11.3 Å². The van der Waals surface area contributed by atoms with Crippen LogP contribution in [0.3, 0.4) is 0 Å². The summed E-state index contributed by atoms with van der Waals surface area (Å²) in [5.74, 6) is -0.197. The van der Waals surface area contributed by atoms with Crippen molar-refractivity contribution < 1.29 is 22.7 Å². The lowest BCUT2D eigenvalue weighted by Gasteiger charge is -2.30. The smallest absolute Gasteiger partial charge is 0.262 e. The van der Waals surface area contributed by atoms with E-state index in [0.29, 0.717) is 36.4 Å². The van der Waals surface area contributed by atoms with Crippen LogP contribution in [0.15, 0.2) is 41.3 Å². The first-order chi connectivity index (χ1) is 15.2. The van der Waals surface area contributed by atoms with E-state index in [-0.39, 0.29) is 29.9 Å². The molecule has 1 atom stereocenters. The van der Waals surface area contributed by atoms with Crippen molar-refractivity contribution in [3.8, 4) is 5.75 Å². The summed E-state index contributed by atoms with van der Waals surface area (Å²) in [5.41, 5.74) is 2.72. The summed E-state index contributed by atoms with van der Waals surface area (Å²) in [6, 6.07) is 9.90. The second-order valence-corrected chi connectivity index (χ2v) is 10.0. The number of nitrogens with one attached hydrogen (secondary N) is 1. The third kappa shape index (κ3) is 3.98. The van der Waals surface area contributed by atoms with E-state index in [1.165, 1.54) is 10.4 Å².